The van der Waals surface area contributed by atoms with Crippen LogP contribution in [0.3, 0.4) is 0 Å². The maximum Gasteiger partial charge on any atom is 0.282 e. The minimum Gasteiger partial charge on any atom is -0.321 e. The fourth-order valence-corrected chi connectivity index (χ4v) is 4.94. The van der Waals surface area contributed by atoms with E-state index in [1.54, 1.807) is 6.07 Å². The second-order valence-electron chi connectivity index (χ2n) is 7.72. The van der Waals surface area contributed by atoms with Gasteiger partial charge in [-0.15, -0.1) is 11.8 Å². The number of carbonyl (C=O) groups is 1. The molecule has 2 heterocycles. The van der Waals surface area contributed by atoms with Crippen LogP contribution in [0.4, 0.5) is 5.69 Å². The fraction of sp³-hybridized carbons (Fsp3) is 0.348. The first-order valence-electron chi connectivity index (χ1n) is 10.4. The van der Waals surface area contributed by atoms with Gasteiger partial charge in [-0.1, -0.05) is 31.2 Å². The Labute approximate surface area is 180 Å². The van der Waals surface area contributed by atoms with Crippen LogP contribution in [0.2, 0.25) is 0 Å². The van der Waals surface area contributed by atoms with Crippen LogP contribution in [0.15, 0.2) is 58.2 Å². The number of aromatic nitrogens is 2. The number of fused-ring (bicyclic) bond motifs is 2. The molecule has 1 amide bonds. The topological polar surface area (TPSA) is 70.5 Å². The molecule has 0 radical (unpaired) electrons. The summed E-state index contributed by atoms with van der Waals surface area (Å²) in [5.41, 5.74) is 1.56. The number of nitrogens with one attached hydrogen (secondary N) is 2. The van der Waals surface area contributed by atoms with Crippen LogP contribution in [0.5, 0.6) is 0 Å². The zero-order chi connectivity index (χ0) is 21.1. The number of likely N-dealkylation sites (N-methyl/N-ethyl adjacent to an activating group) is 1. The van der Waals surface area contributed by atoms with E-state index in [9.17, 15) is 9.59 Å². The fourth-order valence-electron chi connectivity index (χ4n) is 3.82. The molecule has 1 aliphatic heterocycles. The molecule has 0 saturated heterocycles. The summed E-state index contributed by atoms with van der Waals surface area (Å²) in [5, 5.41) is 1.06. The summed E-state index contributed by atoms with van der Waals surface area (Å²) in [4.78, 5) is 37.3. The van der Waals surface area contributed by atoms with Crippen molar-refractivity contribution in [3.63, 3.8) is 0 Å². The van der Waals surface area contributed by atoms with Crippen molar-refractivity contribution in [1.29, 1.82) is 0 Å². The van der Waals surface area contributed by atoms with Crippen molar-refractivity contribution in [3.8, 4) is 0 Å². The maximum absolute atomic E-state index is 13.3. The predicted octanol–water partition coefficient (Wildman–Crippen LogP) is 2.25. The smallest absolute Gasteiger partial charge is 0.282 e. The Balaban J connectivity index is 1.53. The van der Waals surface area contributed by atoms with E-state index in [1.165, 1.54) is 0 Å². The maximum atomic E-state index is 13.3. The van der Waals surface area contributed by atoms with Crippen molar-refractivity contribution < 1.29 is 9.69 Å². The molecule has 0 aliphatic carbocycles. The molecule has 1 unspecified atom stereocenters. The van der Waals surface area contributed by atoms with E-state index in [4.69, 9.17) is 0 Å². The molecule has 0 bridgehead atoms. The number of rotatable bonds is 5. The molecule has 0 spiro atoms. The third-order valence-electron chi connectivity index (χ3n) is 5.53. The highest BCUT2D eigenvalue weighted by atomic mass is 32.2. The number of nitrogens with zero attached hydrogens (tertiary/aromatic N) is 2. The summed E-state index contributed by atoms with van der Waals surface area (Å²) in [7, 11) is 0. The lowest BCUT2D eigenvalue weighted by molar-refractivity contribution is -0.904. The van der Waals surface area contributed by atoms with E-state index in [1.807, 2.05) is 53.1 Å². The number of hydrogen-bond donors (Lipinski definition) is 2. The van der Waals surface area contributed by atoms with Crippen LogP contribution in [0.1, 0.15) is 26.1 Å². The number of thioether (sulfide) groups is 1. The van der Waals surface area contributed by atoms with Crippen LogP contribution in [-0.2, 0) is 11.3 Å². The van der Waals surface area contributed by atoms with E-state index >= 15 is 0 Å². The van der Waals surface area contributed by atoms with Crippen LogP contribution >= 0.6 is 11.8 Å². The van der Waals surface area contributed by atoms with Crippen LogP contribution in [0, 0.1) is 0 Å². The molecule has 2 atom stereocenters. The third kappa shape index (κ3) is 4.42. The van der Waals surface area contributed by atoms with Crippen molar-refractivity contribution >= 4 is 34.3 Å². The molecule has 7 heteroatoms. The lowest BCUT2D eigenvalue weighted by Crippen LogP contribution is -3.11. The van der Waals surface area contributed by atoms with E-state index in [-0.39, 0.29) is 11.5 Å². The Morgan fingerprint density at radius 2 is 2.00 bits per heavy atom. The van der Waals surface area contributed by atoms with E-state index in [0.717, 1.165) is 35.0 Å². The van der Waals surface area contributed by atoms with Crippen molar-refractivity contribution in [1.82, 2.24) is 9.97 Å². The minimum atomic E-state index is -0.134. The van der Waals surface area contributed by atoms with Gasteiger partial charge in [0.25, 0.3) is 11.5 Å². The third-order valence-corrected chi connectivity index (χ3v) is 6.76. The minimum absolute atomic E-state index is 0.108. The first kappa shape index (κ1) is 20.6. The Morgan fingerprint density at radius 3 is 2.83 bits per heavy atom. The number of H-pyrrole nitrogens is 1. The molecule has 2 aromatic carbocycles. The summed E-state index contributed by atoms with van der Waals surface area (Å²) in [6.45, 7) is 6.62. The lowest BCUT2D eigenvalue weighted by atomic mass is 10.2. The summed E-state index contributed by atoms with van der Waals surface area (Å²) in [5.74, 6) is 0.723. The number of para-hydroxylation sites is 2. The molecule has 1 aromatic heterocycles. The molecule has 30 heavy (non-hydrogen) atoms. The quantitative estimate of drug-likeness (QED) is 0.660. The number of anilines is 1. The lowest BCUT2D eigenvalue weighted by Gasteiger charge is -2.25. The molecule has 0 fully saturated rings. The van der Waals surface area contributed by atoms with Crippen molar-refractivity contribution in [2.24, 2.45) is 0 Å². The van der Waals surface area contributed by atoms with Gasteiger partial charge >= 0.3 is 0 Å². The highest BCUT2D eigenvalue weighted by molar-refractivity contribution is 8.00. The summed E-state index contributed by atoms with van der Waals surface area (Å²) < 4.78 is 0. The van der Waals surface area contributed by atoms with Crippen molar-refractivity contribution in [3.05, 3.63) is 64.7 Å². The zero-order valence-corrected chi connectivity index (χ0v) is 18.2. The van der Waals surface area contributed by atoms with E-state index in [2.05, 4.69) is 29.9 Å². The van der Waals surface area contributed by atoms with E-state index in [0.29, 0.717) is 35.1 Å². The molecule has 0 saturated carbocycles. The second-order valence-corrected chi connectivity index (χ2v) is 9.20. The van der Waals surface area contributed by atoms with Crippen LogP contribution in [0.25, 0.3) is 10.9 Å². The average Bonchev–Trinajstić information content (AvgIpc) is 2.91. The molecular formula is C23H27N4O2S+. The number of benzene rings is 2. The normalized spacial score (nSPS) is 17.4. The Kier molecular flexibility index (Phi) is 6.20. The molecule has 156 valence electrons. The van der Waals surface area contributed by atoms with Gasteiger partial charge in [-0.05, 0) is 37.6 Å². The van der Waals surface area contributed by atoms with Gasteiger partial charge in [0.2, 0.25) is 0 Å². The second kappa shape index (κ2) is 9.02. The van der Waals surface area contributed by atoms with Gasteiger partial charge in [0.1, 0.15) is 6.54 Å². The predicted molar refractivity (Wildman–Crippen MR) is 121 cm³/mol. The number of carbonyl (C=O) groups excluding carboxylic acids is 1. The van der Waals surface area contributed by atoms with Crippen LogP contribution in [-0.4, -0.2) is 40.8 Å². The SMILES string of the molecule is CC[NH+](CC(=O)N1CC[C@H](C)Sc2ccccc21)Cc1nc2ccccc2c(=O)[nH]1. The first-order valence-corrected chi connectivity index (χ1v) is 11.3. The number of aromatic amines is 1. The van der Waals surface area contributed by atoms with Crippen LogP contribution < -0.4 is 15.4 Å². The van der Waals surface area contributed by atoms with Crippen molar-refractivity contribution in [2.45, 2.75) is 37.0 Å². The van der Waals surface area contributed by atoms with Gasteiger partial charge in [-0.2, -0.15) is 0 Å². The van der Waals surface area contributed by atoms with Gasteiger partial charge in [0.05, 0.1) is 23.1 Å². The Hall–Kier alpha value is -2.64. The number of hydrogen-bond acceptors (Lipinski definition) is 4. The highest BCUT2D eigenvalue weighted by Crippen LogP contribution is 2.37. The molecule has 3 aromatic rings. The molecule has 4 rings (SSSR count). The molecule has 2 N–H and O–H groups in total. The molecule has 6 nitrogen and oxygen atoms in total. The van der Waals surface area contributed by atoms with Gasteiger partial charge in [0.15, 0.2) is 12.4 Å². The summed E-state index contributed by atoms with van der Waals surface area (Å²) >= 11 is 1.83. The standard InChI is InChI=1S/C23H26N4O2S/c1-3-26(14-21-24-18-9-5-4-8-17(18)23(29)25-21)15-22(28)27-13-12-16(2)30-20-11-7-6-10-19(20)27/h4-11,16H,3,12-15H2,1-2H3,(H,24,25,29)/p+1/t16-/m0/s1. The first-order chi connectivity index (χ1) is 14.5. The summed E-state index contributed by atoms with van der Waals surface area (Å²) in [6, 6.07) is 15.5. The Bertz CT molecular complexity index is 1110. The average molecular weight is 424 g/mol. The van der Waals surface area contributed by atoms with E-state index < -0.39 is 0 Å². The van der Waals surface area contributed by atoms with Gasteiger partial charge in [0, 0.05) is 16.7 Å². The largest absolute Gasteiger partial charge is 0.321 e. The van der Waals surface area contributed by atoms with Gasteiger partial charge in [-0.3, -0.25) is 9.59 Å². The monoisotopic (exact) mass is 423 g/mol. The van der Waals surface area contributed by atoms with Gasteiger partial charge in [-0.25, -0.2) is 4.98 Å². The number of amides is 1. The zero-order valence-electron chi connectivity index (χ0n) is 17.4. The van der Waals surface area contributed by atoms with Crippen molar-refractivity contribution in [2.75, 3.05) is 24.5 Å². The Morgan fingerprint density at radius 1 is 1.23 bits per heavy atom. The van der Waals surface area contributed by atoms with Gasteiger partial charge < -0.3 is 14.8 Å². The molecule has 1 aliphatic rings. The number of quaternary nitrogens is 1. The molecular weight excluding hydrogens is 396 g/mol. The highest BCUT2D eigenvalue weighted by Gasteiger charge is 2.26. The summed E-state index contributed by atoms with van der Waals surface area (Å²) in [6.07, 6.45) is 0.964.